The molecule has 2 aliphatic rings. The molecule has 208 valence electrons. The van der Waals surface area contributed by atoms with E-state index in [1.54, 1.807) is 18.2 Å². The van der Waals surface area contributed by atoms with Gasteiger partial charge in [-0.3, -0.25) is 8.74 Å². The Kier molecular flexibility index (Phi) is 7.69. The number of rotatable bonds is 10. The molecule has 0 radical (unpaired) electrons. The highest BCUT2D eigenvalue weighted by Crippen LogP contribution is 2.57. The number of nitrogens with zero attached hydrogens (tertiary/aromatic N) is 1. The van der Waals surface area contributed by atoms with Gasteiger partial charge in [-0.25, -0.2) is 4.31 Å². The van der Waals surface area contributed by atoms with Crippen LogP contribution in [0.4, 0.5) is 26.3 Å². The fourth-order valence-electron chi connectivity index (χ4n) is 4.04. The van der Waals surface area contributed by atoms with E-state index in [1.165, 1.54) is 12.1 Å². The Morgan fingerprint density at radius 2 is 1.56 bits per heavy atom. The predicted molar refractivity (Wildman–Crippen MR) is 116 cm³/mol. The average Bonchev–Trinajstić information content (AvgIpc) is 3.29. The van der Waals surface area contributed by atoms with Crippen LogP contribution in [-0.2, 0) is 39.1 Å². The summed E-state index contributed by atoms with van der Waals surface area (Å²) in [7, 11) is -13.7. The van der Waals surface area contributed by atoms with E-state index in [2.05, 4.69) is 4.18 Å². The summed E-state index contributed by atoms with van der Waals surface area (Å²) >= 11 is 0. The molecule has 2 heterocycles. The van der Waals surface area contributed by atoms with Crippen LogP contribution in [0.5, 0.6) is 0 Å². The van der Waals surface area contributed by atoms with Gasteiger partial charge in [-0.1, -0.05) is 46.3 Å². The molecule has 2 aliphatic heterocycles. The Labute approximate surface area is 204 Å². The molecule has 0 bridgehead atoms. The van der Waals surface area contributed by atoms with Crippen molar-refractivity contribution in [1.82, 2.24) is 4.31 Å². The van der Waals surface area contributed by atoms with Gasteiger partial charge in [0.2, 0.25) is 0 Å². The van der Waals surface area contributed by atoms with Gasteiger partial charge in [-0.05, 0) is 12.8 Å². The molecule has 2 fully saturated rings. The zero-order chi connectivity index (χ0) is 27.1. The van der Waals surface area contributed by atoms with Crippen LogP contribution in [0.1, 0.15) is 31.2 Å². The zero-order valence-electron chi connectivity index (χ0n) is 19.2. The Morgan fingerprint density at radius 1 is 1.03 bits per heavy atom. The second-order valence-corrected chi connectivity index (χ2v) is 13.8. The maximum Gasteiger partial charge on any atom is 0.440 e. The van der Waals surface area contributed by atoms with Crippen molar-refractivity contribution in [1.29, 1.82) is 0 Å². The Morgan fingerprint density at radius 3 is 2.08 bits per heavy atom. The molecule has 8 nitrogen and oxygen atoms in total. The summed E-state index contributed by atoms with van der Waals surface area (Å²) in [5.41, 5.74) is 0.350. The highest BCUT2D eigenvalue weighted by Gasteiger charge is 2.84. The molecule has 0 aromatic heterocycles. The van der Waals surface area contributed by atoms with Gasteiger partial charge in [0.1, 0.15) is 0 Å². The molecule has 1 aromatic rings. The summed E-state index contributed by atoms with van der Waals surface area (Å²) in [4.78, 5) is 0. The maximum absolute atomic E-state index is 14.9. The molecule has 0 spiro atoms. The molecule has 1 aromatic carbocycles. The van der Waals surface area contributed by atoms with Crippen LogP contribution in [0.15, 0.2) is 30.3 Å². The minimum atomic E-state index is -6.99. The van der Waals surface area contributed by atoms with Crippen LogP contribution in [-0.4, -0.2) is 77.1 Å². The Balaban J connectivity index is 1.84. The van der Waals surface area contributed by atoms with Gasteiger partial charge < -0.3 is 9.47 Å². The molecule has 0 aliphatic carbocycles. The molecule has 36 heavy (non-hydrogen) atoms. The van der Waals surface area contributed by atoms with Gasteiger partial charge in [-0.15, -0.1) is 0 Å². The highest BCUT2D eigenvalue weighted by molar-refractivity contribution is 8.13. The quantitative estimate of drug-likeness (QED) is 0.337. The summed E-state index contributed by atoms with van der Waals surface area (Å²) in [5.74, 6) is -8.46. The molecule has 1 N–H and O–H groups in total. The van der Waals surface area contributed by atoms with E-state index < -0.39 is 68.0 Å². The molecular weight excluding hydrogens is 544 g/mol. The fourth-order valence-corrected chi connectivity index (χ4v) is 7.16. The molecular formula is C20H27F6NO7S2. The first-order valence-corrected chi connectivity index (χ1v) is 14.6. The van der Waals surface area contributed by atoms with Crippen LogP contribution in [0, 0.1) is 0 Å². The molecule has 0 unspecified atom stereocenters. The summed E-state index contributed by atoms with van der Waals surface area (Å²) < 4.78 is 151. The van der Waals surface area contributed by atoms with E-state index in [1.807, 2.05) is 0 Å². The lowest BCUT2D eigenvalue weighted by Crippen LogP contribution is -2.72. The summed E-state index contributed by atoms with van der Waals surface area (Å²) in [5, 5.41) is -12.9. The number of benzene rings is 1. The molecule has 16 heteroatoms. The lowest BCUT2D eigenvalue weighted by molar-refractivity contribution is -0.250. The summed E-state index contributed by atoms with van der Waals surface area (Å²) in [6, 6.07) is 7.82. The van der Waals surface area contributed by atoms with E-state index in [4.69, 9.17) is 9.47 Å². The fraction of sp³-hybridized carbons (Fsp3) is 0.700. The maximum atomic E-state index is 14.9. The smallest absolute Gasteiger partial charge is 0.343 e. The third-order valence-electron chi connectivity index (χ3n) is 6.20. The van der Waals surface area contributed by atoms with E-state index in [0.29, 0.717) is 12.0 Å². The Bertz CT molecular complexity index is 1100. The third-order valence-corrected chi connectivity index (χ3v) is 10.6. The van der Waals surface area contributed by atoms with Crippen molar-refractivity contribution in [3.05, 3.63) is 35.9 Å². The summed E-state index contributed by atoms with van der Waals surface area (Å²) in [6.07, 6.45) is -0.142. The number of hydrogen-bond donors (Lipinski definition) is 1. The predicted octanol–water partition coefficient (Wildman–Crippen LogP) is 3.77. The molecule has 3 rings (SSSR count). The number of alkyl halides is 6. The topological polar surface area (TPSA) is 102 Å². The second kappa shape index (κ2) is 9.47. The first kappa shape index (κ1) is 29.3. The average molecular weight is 572 g/mol. The molecule has 0 saturated carbocycles. The van der Waals surface area contributed by atoms with E-state index in [-0.39, 0.29) is 36.6 Å². The van der Waals surface area contributed by atoms with Crippen molar-refractivity contribution < 1.29 is 57.2 Å². The lowest BCUT2D eigenvalue weighted by Gasteiger charge is -2.55. The van der Waals surface area contributed by atoms with Crippen LogP contribution < -0.4 is 0 Å². The number of halogens is 6. The number of ether oxygens (including phenoxy) is 2. The minimum absolute atomic E-state index is 0.0431. The van der Waals surface area contributed by atoms with Crippen LogP contribution in [0.3, 0.4) is 0 Å². The normalized spacial score (nSPS) is 21.7. The van der Waals surface area contributed by atoms with Gasteiger partial charge in [-0.2, -0.15) is 39.0 Å². The standard InChI is InChI=1S/C20H27F6NO7S2/c1-36(30,31,27-11-6-3-7-12-27)20(25,26)18(21,22)19(23,24)35(28,29)34-13-10-17(32-14-15-33-17)16-8-4-2-5-9-16/h2,4-5,8-9H,3,6-7,10-15H2,1H3,(H,30,31). The molecule has 2 saturated heterocycles. The first-order valence-electron chi connectivity index (χ1n) is 10.9. The van der Waals surface area contributed by atoms with Gasteiger partial charge >= 0.3 is 26.5 Å². The summed E-state index contributed by atoms with van der Waals surface area (Å²) in [6.45, 7) is -2.20. The number of hydrogen-bond acceptors (Lipinski definition) is 6. The van der Waals surface area contributed by atoms with Crippen molar-refractivity contribution in [2.75, 3.05) is 39.2 Å². The SMILES string of the molecule is CS(=O)(O)(N1CCCCC1)C(F)(F)C(F)(F)C(F)(F)S(=O)(=O)OCCC1(c2ccccc2)OCCO1. The van der Waals surface area contributed by atoms with E-state index in [9.17, 15) is 43.5 Å². The molecule has 0 amide bonds. The number of piperidine rings is 1. The largest absolute Gasteiger partial charge is 0.440 e. The van der Waals surface area contributed by atoms with E-state index >= 15 is 0 Å². The minimum Gasteiger partial charge on any atom is -0.343 e. The van der Waals surface area contributed by atoms with Crippen molar-refractivity contribution in [2.45, 2.75) is 47.9 Å². The second-order valence-electron chi connectivity index (χ2n) is 8.67. The lowest BCUT2D eigenvalue weighted by atomic mass is 10.0. The van der Waals surface area contributed by atoms with Gasteiger partial charge in [0.05, 0.1) is 19.8 Å². The van der Waals surface area contributed by atoms with Crippen molar-refractivity contribution in [2.24, 2.45) is 0 Å². The van der Waals surface area contributed by atoms with Crippen molar-refractivity contribution >= 4 is 19.7 Å². The third kappa shape index (κ3) is 4.58. The zero-order valence-corrected chi connectivity index (χ0v) is 20.8. The van der Waals surface area contributed by atoms with Crippen molar-refractivity contribution in [3.8, 4) is 0 Å². The molecule has 0 atom stereocenters. The highest BCUT2D eigenvalue weighted by atomic mass is 32.3. The van der Waals surface area contributed by atoms with Crippen LogP contribution in [0.2, 0.25) is 0 Å². The van der Waals surface area contributed by atoms with Gasteiger partial charge in [0, 0.05) is 31.3 Å². The monoisotopic (exact) mass is 571 g/mol. The van der Waals surface area contributed by atoms with E-state index in [0.717, 1.165) is 0 Å². The van der Waals surface area contributed by atoms with Gasteiger partial charge in [0.25, 0.3) is 0 Å². The first-order chi connectivity index (χ1) is 16.4. The van der Waals surface area contributed by atoms with Crippen molar-refractivity contribution in [3.63, 3.8) is 0 Å². The van der Waals surface area contributed by atoms with Crippen LogP contribution in [0.25, 0.3) is 0 Å². The van der Waals surface area contributed by atoms with Crippen LogP contribution >= 0.6 is 0 Å². The van der Waals surface area contributed by atoms with Gasteiger partial charge in [0.15, 0.2) is 5.79 Å². The Hall–Kier alpha value is -1.30.